The van der Waals surface area contributed by atoms with Crippen LogP contribution in [-0.4, -0.2) is 24.8 Å². The van der Waals surface area contributed by atoms with E-state index in [1.165, 1.54) is 11.3 Å². The normalized spacial score (nSPS) is 20.8. The van der Waals surface area contributed by atoms with Crippen LogP contribution in [0.5, 0.6) is 0 Å². The highest BCUT2D eigenvalue weighted by Gasteiger charge is 2.33. The number of benzene rings is 1. The zero-order valence-electron chi connectivity index (χ0n) is 12.5. The third kappa shape index (κ3) is 2.76. The third-order valence-electron chi connectivity index (χ3n) is 4.05. The van der Waals surface area contributed by atoms with Crippen molar-refractivity contribution in [2.45, 2.75) is 38.6 Å². The van der Waals surface area contributed by atoms with Crippen molar-refractivity contribution in [1.29, 1.82) is 0 Å². The number of fused-ring (bicyclic) bond motifs is 1. The van der Waals surface area contributed by atoms with Crippen molar-refractivity contribution < 1.29 is 4.79 Å². The fraction of sp³-hybridized carbons (Fsp3) is 0.467. The van der Waals surface area contributed by atoms with Crippen LogP contribution >= 0.6 is 0 Å². The zero-order valence-corrected chi connectivity index (χ0v) is 12.5. The lowest BCUT2D eigenvalue weighted by Gasteiger charge is -2.45. The maximum atomic E-state index is 10.6. The van der Waals surface area contributed by atoms with Crippen LogP contribution in [0.15, 0.2) is 23.3 Å². The number of anilines is 1. The van der Waals surface area contributed by atoms with E-state index in [0.29, 0.717) is 5.92 Å². The first-order valence-corrected chi connectivity index (χ1v) is 6.77. The van der Waals surface area contributed by atoms with Crippen LogP contribution in [0.25, 0.3) is 0 Å². The fourth-order valence-corrected chi connectivity index (χ4v) is 2.85. The third-order valence-corrected chi connectivity index (χ3v) is 4.05. The van der Waals surface area contributed by atoms with E-state index in [1.54, 1.807) is 6.21 Å². The maximum Gasteiger partial charge on any atom is 0.332 e. The second-order valence-corrected chi connectivity index (χ2v) is 6.03. The molecule has 3 N–H and O–H groups in total. The average Bonchev–Trinajstić information content (AvgIpc) is 2.35. The number of amides is 2. The smallest absolute Gasteiger partial charge is 0.332 e. The Hall–Kier alpha value is -2.04. The molecule has 2 rings (SSSR count). The lowest BCUT2D eigenvalue weighted by molar-refractivity contribution is 0.249. The van der Waals surface area contributed by atoms with Gasteiger partial charge in [0, 0.05) is 18.3 Å². The Kier molecular flexibility index (Phi) is 3.70. The highest BCUT2D eigenvalue weighted by Crippen LogP contribution is 2.42. The lowest BCUT2D eigenvalue weighted by atomic mass is 9.80. The van der Waals surface area contributed by atoms with Gasteiger partial charge in [-0.1, -0.05) is 13.0 Å². The van der Waals surface area contributed by atoms with Gasteiger partial charge in [0.05, 0.1) is 6.21 Å². The number of carbonyl (C=O) groups is 1. The predicted octanol–water partition coefficient (Wildman–Crippen LogP) is 2.41. The molecule has 0 radical (unpaired) electrons. The van der Waals surface area contributed by atoms with E-state index in [2.05, 4.69) is 55.4 Å². The number of rotatable bonds is 2. The van der Waals surface area contributed by atoms with Crippen molar-refractivity contribution in [2.75, 3.05) is 11.9 Å². The van der Waals surface area contributed by atoms with Crippen LogP contribution in [0.2, 0.25) is 0 Å². The average molecular weight is 274 g/mol. The molecular weight excluding hydrogens is 252 g/mol. The molecule has 0 saturated carbocycles. The number of nitrogens with zero attached hydrogens (tertiary/aromatic N) is 2. The molecule has 0 saturated heterocycles. The molecule has 1 unspecified atom stereocenters. The number of hydrogen-bond donors (Lipinski definition) is 2. The summed E-state index contributed by atoms with van der Waals surface area (Å²) >= 11 is 0. The molecule has 1 aromatic carbocycles. The van der Waals surface area contributed by atoms with Crippen molar-refractivity contribution in [3.8, 4) is 0 Å². The predicted molar refractivity (Wildman–Crippen MR) is 82.3 cm³/mol. The highest BCUT2D eigenvalue weighted by molar-refractivity contribution is 5.83. The molecule has 2 amide bonds. The second kappa shape index (κ2) is 5.15. The maximum absolute atomic E-state index is 10.6. The van der Waals surface area contributed by atoms with Crippen LogP contribution in [0.4, 0.5) is 10.5 Å². The van der Waals surface area contributed by atoms with Crippen LogP contribution in [0.3, 0.4) is 0 Å². The number of nitrogens with one attached hydrogen (secondary N) is 1. The number of primary amides is 1. The molecule has 5 nitrogen and oxygen atoms in total. The molecule has 1 heterocycles. The van der Waals surface area contributed by atoms with Crippen LogP contribution < -0.4 is 16.1 Å². The molecule has 1 atom stereocenters. The van der Waals surface area contributed by atoms with E-state index in [1.807, 2.05) is 6.07 Å². The van der Waals surface area contributed by atoms with Crippen molar-refractivity contribution in [3.63, 3.8) is 0 Å². The van der Waals surface area contributed by atoms with E-state index >= 15 is 0 Å². The molecule has 108 valence electrons. The number of hydrazone groups is 1. The summed E-state index contributed by atoms with van der Waals surface area (Å²) in [6, 6.07) is 5.57. The summed E-state index contributed by atoms with van der Waals surface area (Å²) in [4.78, 5) is 12.9. The van der Waals surface area contributed by atoms with Gasteiger partial charge in [0.25, 0.3) is 0 Å². The van der Waals surface area contributed by atoms with E-state index in [9.17, 15) is 4.79 Å². The van der Waals surface area contributed by atoms with E-state index in [-0.39, 0.29) is 5.54 Å². The fourth-order valence-electron chi connectivity index (χ4n) is 2.85. The zero-order chi connectivity index (χ0) is 14.9. The van der Waals surface area contributed by atoms with Gasteiger partial charge in [-0.05, 0) is 49.4 Å². The van der Waals surface area contributed by atoms with Crippen LogP contribution in [0.1, 0.15) is 44.2 Å². The van der Waals surface area contributed by atoms with Gasteiger partial charge in [-0.25, -0.2) is 10.2 Å². The van der Waals surface area contributed by atoms with Crippen molar-refractivity contribution in [3.05, 3.63) is 29.3 Å². The molecule has 0 spiro atoms. The summed E-state index contributed by atoms with van der Waals surface area (Å²) in [6.45, 7) is 6.77. The number of hydrogen-bond acceptors (Lipinski definition) is 3. The van der Waals surface area contributed by atoms with Crippen molar-refractivity contribution >= 4 is 17.9 Å². The topological polar surface area (TPSA) is 70.7 Å². The van der Waals surface area contributed by atoms with Crippen molar-refractivity contribution in [2.24, 2.45) is 10.8 Å². The summed E-state index contributed by atoms with van der Waals surface area (Å²) < 4.78 is 0. The molecule has 20 heavy (non-hydrogen) atoms. The van der Waals surface area contributed by atoms with Gasteiger partial charge in [0.15, 0.2) is 0 Å². The molecule has 0 aliphatic carbocycles. The monoisotopic (exact) mass is 274 g/mol. The Labute approximate surface area is 119 Å². The van der Waals surface area contributed by atoms with Gasteiger partial charge in [-0.3, -0.25) is 0 Å². The summed E-state index contributed by atoms with van der Waals surface area (Å²) in [5.74, 6) is 0.494. The van der Waals surface area contributed by atoms with Gasteiger partial charge >= 0.3 is 6.03 Å². The van der Waals surface area contributed by atoms with Gasteiger partial charge in [-0.15, -0.1) is 0 Å². The Morgan fingerprint density at radius 2 is 2.25 bits per heavy atom. The standard InChI is InChI=1S/C15H22N4O/c1-10-8-15(2,3)19(4)13-6-5-11(7-12(10)13)9-17-18-14(16)20/h5-7,9-10H,8H2,1-4H3,(H3,16,18,20)/b17-9-. The summed E-state index contributed by atoms with van der Waals surface area (Å²) in [5, 5.41) is 3.80. The first-order valence-electron chi connectivity index (χ1n) is 6.77. The first kappa shape index (κ1) is 14.4. The number of urea groups is 1. The van der Waals surface area contributed by atoms with Crippen LogP contribution in [-0.2, 0) is 0 Å². The quantitative estimate of drug-likeness (QED) is 0.642. The second-order valence-electron chi connectivity index (χ2n) is 6.03. The largest absolute Gasteiger partial charge is 0.369 e. The van der Waals surface area contributed by atoms with Gasteiger partial charge in [-0.2, -0.15) is 5.10 Å². The minimum absolute atomic E-state index is 0.162. The Balaban J connectivity index is 2.30. The SMILES string of the molecule is CC1CC(C)(C)N(C)c2ccc(/C=N\NC(N)=O)cc21. The number of nitrogens with two attached hydrogens (primary N) is 1. The molecule has 5 heteroatoms. The number of carbonyl (C=O) groups excluding carboxylic acids is 1. The highest BCUT2D eigenvalue weighted by atomic mass is 16.2. The molecule has 0 aromatic heterocycles. The molecule has 0 fully saturated rings. The lowest BCUT2D eigenvalue weighted by Crippen LogP contribution is -2.45. The van der Waals surface area contributed by atoms with Crippen LogP contribution in [0, 0.1) is 0 Å². The molecule has 1 aliphatic rings. The summed E-state index contributed by atoms with van der Waals surface area (Å²) in [5.41, 5.74) is 10.9. The van der Waals surface area contributed by atoms with E-state index < -0.39 is 6.03 Å². The molecule has 1 aromatic rings. The molecular formula is C15H22N4O. The minimum Gasteiger partial charge on any atom is -0.369 e. The van der Waals surface area contributed by atoms with E-state index in [4.69, 9.17) is 5.73 Å². The van der Waals surface area contributed by atoms with Gasteiger partial charge in [0.2, 0.25) is 0 Å². The Morgan fingerprint density at radius 3 is 2.90 bits per heavy atom. The van der Waals surface area contributed by atoms with Crippen molar-refractivity contribution in [1.82, 2.24) is 5.43 Å². The molecule has 1 aliphatic heterocycles. The van der Waals surface area contributed by atoms with Gasteiger partial charge < -0.3 is 10.6 Å². The first-order chi connectivity index (χ1) is 9.31. The van der Waals surface area contributed by atoms with Gasteiger partial charge in [0.1, 0.15) is 0 Å². The summed E-state index contributed by atoms with van der Waals surface area (Å²) in [6.07, 6.45) is 2.72. The Morgan fingerprint density at radius 1 is 1.55 bits per heavy atom. The summed E-state index contributed by atoms with van der Waals surface area (Å²) in [7, 11) is 2.13. The molecule has 0 bridgehead atoms. The minimum atomic E-state index is -0.658. The Bertz CT molecular complexity index is 551. The van der Waals surface area contributed by atoms with E-state index in [0.717, 1.165) is 12.0 Å².